The Bertz CT molecular complexity index is 1000. The van der Waals surface area contributed by atoms with Gasteiger partial charge in [0.25, 0.3) is 5.22 Å². The second kappa shape index (κ2) is 9.74. The van der Waals surface area contributed by atoms with Crippen molar-refractivity contribution in [3.8, 4) is 17.2 Å². The largest absolute Gasteiger partial charge is 0.497 e. The Kier molecular flexibility index (Phi) is 6.85. The average Bonchev–Trinajstić information content (AvgIpc) is 3.25. The van der Waals surface area contributed by atoms with E-state index in [2.05, 4.69) is 15.4 Å². The van der Waals surface area contributed by atoms with E-state index in [-0.39, 0.29) is 5.71 Å². The number of benzene rings is 2. The third-order valence-corrected chi connectivity index (χ3v) is 4.80. The third-order valence-electron chi connectivity index (χ3n) is 3.93. The molecular weight excluding hydrogens is 394 g/mol. The summed E-state index contributed by atoms with van der Waals surface area (Å²) in [6.45, 7) is 0. The molecule has 29 heavy (non-hydrogen) atoms. The summed E-state index contributed by atoms with van der Waals surface area (Å²) in [6.07, 6.45) is 0. The molecule has 1 heterocycles. The maximum Gasteiger partial charge on any atom is 0.360 e. The van der Waals surface area contributed by atoms with E-state index in [1.807, 2.05) is 42.5 Å². The van der Waals surface area contributed by atoms with Gasteiger partial charge in [-0.3, -0.25) is 0 Å². The summed E-state index contributed by atoms with van der Waals surface area (Å²) < 4.78 is 15.7. The van der Waals surface area contributed by atoms with Crippen molar-refractivity contribution in [2.45, 2.75) is 11.0 Å². The van der Waals surface area contributed by atoms with Gasteiger partial charge in [0.1, 0.15) is 12.9 Å². The molecule has 0 aliphatic carbocycles. The Morgan fingerprint density at radius 2 is 1.83 bits per heavy atom. The highest BCUT2D eigenvalue weighted by atomic mass is 32.2. The number of methoxy groups -OCH3 is 2. The first-order valence-electron chi connectivity index (χ1n) is 8.54. The van der Waals surface area contributed by atoms with Gasteiger partial charge < -0.3 is 18.7 Å². The normalized spacial score (nSPS) is 11.2. The number of oxime groups is 1. The molecule has 9 heteroatoms. The van der Waals surface area contributed by atoms with E-state index in [1.54, 1.807) is 13.2 Å². The van der Waals surface area contributed by atoms with E-state index < -0.39 is 5.97 Å². The molecule has 3 aromatic rings. The average molecular weight is 413 g/mol. The smallest absolute Gasteiger partial charge is 0.360 e. The van der Waals surface area contributed by atoms with Gasteiger partial charge in [0.05, 0.1) is 14.2 Å². The number of rotatable bonds is 8. The van der Waals surface area contributed by atoms with Crippen LogP contribution in [0.5, 0.6) is 5.75 Å². The highest BCUT2D eigenvalue weighted by Crippen LogP contribution is 2.28. The molecule has 0 atom stereocenters. The Morgan fingerprint density at radius 3 is 2.52 bits per heavy atom. The molecule has 0 fully saturated rings. The van der Waals surface area contributed by atoms with Gasteiger partial charge in [0.2, 0.25) is 5.89 Å². The first-order valence-corrected chi connectivity index (χ1v) is 9.53. The minimum atomic E-state index is -0.580. The maximum atomic E-state index is 12.0. The van der Waals surface area contributed by atoms with Gasteiger partial charge in [-0.25, -0.2) is 4.79 Å². The van der Waals surface area contributed by atoms with Crippen LogP contribution in [-0.2, 0) is 20.1 Å². The molecule has 2 aromatic carbocycles. The maximum absolute atomic E-state index is 12.0. The van der Waals surface area contributed by atoms with Gasteiger partial charge in [0, 0.05) is 16.9 Å². The molecule has 0 unspecified atom stereocenters. The third kappa shape index (κ3) is 4.94. The summed E-state index contributed by atoms with van der Waals surface area (Å²) in [4.78, 5) is 16.8. The first-order chi connectivity index (χ1) is 14.2. The molecule has 0 aliphatic heterocycles. The van der Waals surface area contributed by atoms with Crippen molar-refractivity contribution in [1.29, 1.82) is 0 Å². The lowest BCUT2D eigenvalue weighted by Gasteiger charge is -2.09. The van der Waals surface area contributed by atoms with Crippen LogP contribution in [0.25, 0.3) is 11.5 Å². The fourth-order valence-electron chi connectivity index (χ4n) is 2.52. The second-order valence-corrected chi connectivity index (χ2v) is 6.59. The van der Waals surface area contributed by atoms with E-state index in [0.717, 1.165) is 16.9 Å². The first kappa shape index (κ1) is 20.4. The lowest BCUT2D eigenvalue weighted by molar-refractivity contribution is -0.132. The van der Waals surface area contributed by atoms with Gasteiger partial charge in [0.15, 0.2) is 5.71 Å². The van der Waals surface area contributed by atoms with E-state index in [0.29, 0.717) is 22.4 Å². The predicted octanol–water partition coefficient (Wildman–Crippen LogP) is 3.56. The van der Waals surface area contributed by atoms with Crippen LogP contribution in [0.4, 0.5) is 0 Å². The lowest BCUT2D eigenvalue weighted by Crippen LogP contribution is -2.19. The van der Waals surface area contributed by atoms with Gasteiger partial charge in [-0.1, -0.05) is 41.2 Å². The van der Waals surface area contributed by atoms with Gasteiger partial charge in [-0.15, -0.1) is 10.2 Å². The second-order valence-electron chi connectivity index (χ2n) is 5.66. The number of hydrogen-bond acceptors (Lipinski definition) is 9. The van der Waals surface area contributed by atoms with Crippen LogP contribution in [0.2, 0.25) is 0 Å². The van der Waals surface area contributed by atoms with Crippen molar-refractivity contribution in [3.05, 3.63) is 59.7 Å². The van der Waals surface area contributed by atoms with Crippen LogP contribution < -0.4 is 4.74 Å². The van der Waals surface area contributed by atoms with Crippen LogP contribution in [0.1, 0.15) is 11.1 Å². The zero-order chi connectivity index (χ0) is 20.6. The van der Waals surface area contributed by atoms with Crippen LogP contribution in [0, 0.1) is 0 Å². The Morgan fingerprint density at radius 1 is 1.07 bits per heavy atom. The molecule has 3 rings (SSSR count). The number of hydrogen-bond donors (Lipinski definition) is 0. The van der Waals surface area contributed by atoms with Crippen LogP contribution in [-0.4, -0.2) is 43.2 Å². The molecule has 8 nitrogen and oxygen atoms in total. The number of esters is 1. The molecule has 150 valence electrons. The Balaban J connectivity index is 1.76. The summed E-state index contributed by atoms with van der Waals surface area (Å²) in [6, 6.07) is 14.7. The number of ether oxygens (including phenoxy) is 2. The fraction of sp³-hybridized carbons (Fsp3) is 0.200. The monoisotopic (exact) mass is 413 g/mol. The molecule has 0 amide bonds. The molecular formula is C20H19N3O5S. The zero-order valence-electron chi connectivity index (χ0n) is 16.1. The minimum absolute atomic E-state index is 0.0932. The molecule has 0 saturated heterocycles. The Labute approximate surface area is 171 Å². The van der Waals surface area contributed by atoms with Gasteiger partial charge in [-0.05, 0) is 29.8 Å². The number of carbonyl (C=O) groups excluding carboxylic acids is 1. The van der Waals surface area contributed by atoms with E-state index in [9.17, 15) is 4.79 Å². The molecule has 0 spiro atoms. The van der Waals surface area contributed by atoms with Crippen molar-refractivity contribution in [2.75, 3.05) is 21.3 Å². The summed E-state index contributed by atoms with van der Waals surface area (Å²) >= 11 is 1.35. The molecule has 1 aromatic heterocycles. The minimum Gasteiger partial charge on any atom is -0.497 e. The van der Waals surface area contributed by atoms with Crippen molar-refractivity contribution < 1.29 is 23.5 Å². The SMILES string of the molecule is CO/N=C(/C(=O)OC)c1ccccc1CSc1nnc(-c2ccc(OC)cc2)o1. The quantitative estimate of drug-likeness (QED) is 0.239. The summed E-state index contributed by atoms with van der Waals surface area (Å²) in [5.74, 6) is 1.07. The molecule has 0 aliphatic rings. The Hall–Kier alpha value is -3.33. The fourth-order valence-corrected chi connectivity index (χ4v) is 3.29. The molecule has 0 radical (unpaired) electrons. The molecule has 0 N–H and O–H groups in total. The standard InChI is InChI=1S/C20H19N3O5S/c1-25-15-10-8-13(9-11-15)18-21-22-20(28-18)29-12-14-6-4-5-7-16(14)17(23-27-3)19(24)26-2/h4-11H,12H2,1-3H3/b23-17+. The van der Waals surface area contributed by atoms with Crippen LogP contribution in [0.15, 0.2) is 63.3 Å². The van der Waals surface area contributed by atoms with Gasteiger partial charge >= 0.3 is 5.97 Å². The number of aromatic nitrogens is 2. The van der Waals surface area contributed by atoms with Crippen LogP contribution >= 0.6 is 11.8 Å². The predicted molar refractivity (Wildman–Crippen MR) is 108 cm³/mol. The van der Waals surface area contributed by atoms with Gasteiger partial charge in [-0.2, -0.15) is 0 Å². The number of thioether (sulfide) groups is 1. The lowest BCUT2D eigenvalue weighted by atomic mass is 10.0. The highest BCUT2D eigenvalue weighted by molar-refractivity contribution is 7.98. The molecule has 0 saturated carbocycles. The van der Waals surface area contributed by atoms with Crippen molar-refractivity contribution in [3.63, 3.8) is 0 Å². The zero-order valence-corrected chi connectivity index (χ0v) is 16.9. The number of carbonyl (C=O) groups is 1. The number of nitrogens with zero attached hydrogens (tertiary/aromatic N) is 3. The van der Waals surface area contributed by atoms with E-state index in [1.165, 1.54) is 26.0 Å². The van der Waals surface area contributed by atoms with E-state index >= 15 is 0 Å². The van der Waals surface area contributed by atoms with Crippen LogP contribution in [0.3, 0.4) is 0 Å². The summed E-state index contributed by atoms with van der Waals surface area (Å²) in [5.41, 5.74) is 2.35. The van der Waals surface area contributed by atoms with Crippen molar-refractivity contribution >= 4 is 23.4 Å². The summed E-state index contributed by atoms with van der Waals surface area (Å²) in [7, 11) is 4.28. The van der Waals surface area contributed by atoms with Crippen molar-refractivity contribution in [2.24, 2.45) is 5.16 Å². The van der Waals surface area contributed by atoms with Crippen molar-refractivity contribution in [1.82, 2.24) is 10.2 Å². The van der Waals surface area contributed by atoms with E-state index in [4.69, 9.17) is 18.7 Å². The summed E-state index contributed by atoms with van der Waals surface area (Å²) in [5, 5.41) is 12.4. The molecule has 0 bridgehead atoms. The highest BCUT2D eigenvalue weighted by Gasteiger charge is 2.19. The topological polar surface area (TPSA) is 96.0 Å².